The first kappa shape index (κ1) is 21.5. The van der Waals surface area contributed by atoms with E-state index < -0.39 is 0 Å². The normalized spacial score (nSPS) is 10.9. The number of rotatable bonds is 7. The Morgan fingerprint density at radius 1 is 1.00 bits per heavy atom. The van der Waals surface area contributed by atoms with Crippen molar-refractivity contribution in [1.29, 1.82) is 0 Å². The molecule has 0 heterocycles. The number of hydrogen-bond acceptors (Lipinski definition) is 1. The zero-order valence-corrected chi connectivity index (χ0v) is 17.8. The molecule has 0 unspecified atom stereocenters. The molecule has 0 spiro atoms. The number of halogens is 2. The lowest BCUT2D eigenvalue weighted by Crippen LogP contribution is -1.96. The van der Waals surface area contributed by atoms with Crippen LogP contribution in [-0.2, 0) is 0 Å². The standard InChI is InChI=1S/C16H20BrN.C6H5Br/c1-3-5-6-7-9-15(8-4-2)18-16-12-10-14(17)11-13-16;7-6-4-2-1-3-5-6/h4,7-13,18H,2-3,5-6H2,1H3;1-5H/b9-7-,15-8+;. The SMILES string of the molecule is Brc1ccccc1.C=C/C=C(\C=C/CCCC)Nc1ccc(Br)cc1. The van der Waals surface area contributed by atoms with Crippen molar-refractivity contribution in [2.75, 3.05) is 5.32 Å². The predicted octanol–water partition coefficient (Wildman–Crippen LogP) is 8.13. The van der Waals surface area contributed by atoms with Crippen LogP contribution in [0.15, 0.2) is 100 Å². The molecule has 0 aliphatic carbocycles. The van der Waals surface area contributed by atoms with Crippen LogP contribution in [0.3, 0.4) is 0 Å². The molecule has 2 aromatic rings. The maximum atomic E-state index is 3.74. The molecule has 0 saturated carbocycles. The van der Waals surface area contributed by atoms with Crippen molar-refractivity contribution in [1.82, 2.24) is 0 Å². The van der Waals surface area contributed by atoms with E-state index >= 15 is 0 Å². The quantitative estimate of drug-likeness (QED) is 0.323. The Bertz CT molecular complexity index is 658. The topological polar surface area (TPSA) is 12.0 Å². The molecule has 0 atom stereocenters. The molecule has 2 rings (SSSR count). The van der Waals surface area contributed by atoms with Gasteiger partial charge in [-0.3, -0.25) is 0 Å². The van der Waals surface area contributed by atoms with Gasteiger partial charge in [-0.25, -0.2) is 0 Å². The van der Waals surface area contributed by atoms with Crippen LogP contribution < -0.4 is 5.32 Å². The molecule has 0 aromatic heterocycles. The molecular formula is C22H25Br2N. The maximum Gasteiger partial charge on any atom is 0.0384 e. The lowest BCUT2D eigenvalue weighted by molar-refractivity contribution is 0.814. The molecule has 132 valence electrons. The minimum absolute atomic E-state index is 1.06. The maximum absolute atomic E-state index is 3.74. The minimum atomic E-state index is 1.06. The van der Waals surface area contributed by atoms with E-state index in [-0.39, 0.29) is 0 Å². The zero-order valence-electron chi connectivity index (χ0n) is 14.6. The molecule has 0 saturated heterocycles. The van der Waals surface area contributed by atoms with E-state index in [1.807, 2.05) is 60.7 Å². The van der Waals surface area contributed by atoms with Crippen molar-refractivity contribution >= 4 is 37.5 Å². The minimum Gasteiger partial charge on any atom is -0.356 e. The van der Waals surface area contributed by atoms with Crippen LogP contribution >= 0.6 is 31.9 Å². The Hall–Kier alpha value is -1.58. The van der Waals surface area contributed by atoms with Crippen LogP contribution in [0.5, 0.6) is 0 Å². The lowest BCUT2D eigenvalue weighted by Gasteiger charge is -2.07. The number of anilines is 1. The van der Waals surface area contributed by atoms with E-state index in [1.54, 1.807) is 6.08 Å². The summed E-state index contributed by atoms with van der Waals surface area (Å²) in [5.41, 5.74) is 2.13. The van der Waals surface area contributed by atoms with Crippen molar-refractivity contribution in [2.45, 2.75) is 26.2 Å². The van der Waals surface area contributed by atoms with Gasteiger partial charge in [0.25, 0.3) is 0 Å². The van der Waals surface area contributed by atoms with Gasteiger partial charge < -0.3 is 5.32 Å². The van der Waals surface area contributed by atoms with Crippen LogP contribution in [0.1, 0.15) is 26.2 Å². The molecule has 2 aromatic carbocycles. The second-order valence-corrected chi connectivity index (χ2v) is 7.16. The van der Waals surface area contributed by atoms with Crippen LogP contribution in [0.25, 0.3) is 0 Å². The van der Waals surface area contributed by atoms with Crippen LogP contribution in [-0.4, -0.2) is 0 Å². The van der Waals surface area contributed by atoms with Gasteiger partial charge in [-0.15, -0.1) is 0 Å². The largest absolute Gasteiger partial charge is 0.356 e. The van der Waals surface area contributed by atoms with Gasteiger partial charge in [0.05, 0.1) is 0 Å². The molecule has 0 bridgehead atoms. The summed E-state index contributed by atoms with van der Waals surface area (Å²) in [6, 6.07) is 18.1. The van der Waals surface area contributed by atoms with Gasteiger partial charge in [0.2, 0.25) is 0 Å². The molecule has 1 nitrogen and oxygen atoms in total. The summed E-state index contributed by atoms with van der Waals surface area (Å²) >= 11 is 6.74. The second-order valence-electron chi connectivity index (χ2n) is 5.33. The van der Waals surface area contributed by atoms with Crippen molar-refractivity contribution in [3.8, 4) is 0 Å². The van der Waals surface area contributed by atoms with E-state index in [9.17, 15) is 0 Å². The number of nitrogens with one attached hydrogen (secondary N) is 1. The molecule has 0 fully saturated rings. The third-order valence-electron chi connectivity index (χ3n) is 3.19. The van der Waals surface area contributed by atoms with Gasteiger partial charge in [-0.05, 0) is 55.0 Å². The molecule has 25 heavy (non-hydrogen) atoms. The predicted molar refractivity (Wildman–Crippen MR) is 119 cm³/mol. The second kappa shape index (κ2) is 13.7. The lowest BCUT2D eigenvalue weighted by atomic mass is 10.2. The van der Waals surface area contributed by atoms with E-state index in [1.165, 1.54) is 12.8 Å². The fourth-order valence-electron chi connectivity index (χ4n) is 1.91. The van der Waals surface area contributed by atoms with Crippen LogP contribution in [0.2, 0.25) is 0 Å². The van der Waals surface area contributed by atoms with Crippen molar-refractivity contribution in [2.24, 2.45) is 0 Å². The average Bonchev–Trinajstić information content (AvgIpc) is 2.62. The van der Waals surface area contributed by atoms with E-state index in [4.69, 9.17) is 0 Å². The van der Waals surface area contributed by atoms with Gasteiger partial charge in [-0.2, -0.15) is 0 Å². The summed E-state index contributed by atoms with van der Waals surface area (Å²) in [6.45, 7) is 5.95. The number of unbranched alkanes of at least 4 members (excludes halogenated alkanes) is 2. The highest BCUT2D eigenvalue weighted by atomic mass is 79.9. The number of allylic oxidation sites excluding steroid dienone is 4. The van der Waals surface area contributed by atoms with Gasteiger partial charge in [-0.1, -0.05) is 88.6 Å². The Morgan fingerprint density at radius 3 is 2.16 bits per heavy atom. The fourth-order valence-corrected chi connectivity index (χ4v) is 2.48. The van der Waals surface area contributed by atoms with Gasteiger partial charge >= 0.3 is 0 Å². The first-order chi connectivity index (χ1) is 12.2. The molecular weight excluding hydrogens is 438 g/mol. The molecule has 0 radical (unpaired) electrons. The first-order valence-electron chi connectivity index (χ1n) is 8.38. The van der Waals surface area contributed by atoms with Crippen LogP contribution in [0, 0.1) is 0 Å². The van der Waals surface area contributed by atoms with Crippen molar-refractivity contribution in [3.05, 3.63) is 100 Å². The van der Waals surface area contributed by atoms with Gasteiger partial charge in [0.15, 0.2) is 0 Å². The highest BCUT2D eigenvalue weighted by Crippen LogP contribution is 2.16. The Morgan fingerprint density at radius 2 is 1.64 bits per heavy atom. The van der Waals surface area contributed by atoms with E-state index in [2.05, 4.69) is 62.8 Å². The zero-order chi connectivity index (χ0) is 18.3. The van der Waals surface area contributed by atoms with E-state index in [0.717, 1.165) is 26.8 Å². The van der Waals surface area contributed by atoms with Crippen molar-refractivity contribution < 1.29 is 0 Å². The molecule has 3 heteroatoms. The summed E-state index contributed by atoms with van der Waals surface area (Å²) in [7, 11) is 0. The molecule has 0 aliphatic rings. The molecule has 0 aliphatic heterocycles. The average molecular weight is 463 g/mol. The smallest absolute Gasteiger partial charge is 0.0384 e. The fraction of sp³-hybridized carbons (Fsp3) is 0.182. The van der Waals surface area contributed by atoms with Crippen LogP contribution in [0.4, 0.5) is 5.69 Å². The van der Waals surface area contributed by atoms with Gasteiger partial charge in [0.1, 0.15) is 0 Å². The summed E-state index contributed by atoms with van der Waals surface area (Å²) < 4.78 is 2.22. The molecule has 0 amide bonds. The summed E-state index contributed by atoms with van der Waals surface area (Å²) in [5, 5.41) is 3.37. The third-order valence-corrected chi connectivity index (χ3v) is 4.24. The number of benzene rings is 2. The highest BCUT2D eigenvalue weighted by Gasteiger charge is 1.94. The monoisotopic (exact) mass is 461 g/mol. The first-order valence-corrected chi connectivity index (χ1v) is 9.96. The number of hydrogen-bond donors (Lipinski definition) is 1. The summed E-state index contributed by atoms with van der Waals surface area (Å²) in [6.07, 6.45) is 11.7. The summed E-state index contributed by atoms with van der Waals surface area (Å²) in [5.74, 6) is 0. The molecule has 1 N–H and O–H groups in total. The Balaban J connectivity index is 0.000000370. The Labute approximate surface area is 168 Å². The third kappa shape index (κ3) is 10.8. The van der Waals surface area contributed by atoms with Gasteiger partial charge in [0, 0.05) is 20.3 Å². The summed E-state index contributed by atoms with van der Waals surface area (Å²) in [4.78, 5) is 0. The Kier molecular flexibility index (Phi) is 11.7. The van der Waals surface area contributed by atoms with Crippen molar-refractivity contribution in [3.63, 3.8) is 0 Å². The van der Waals surface area contributed by atoms with E-state index in [0.29, 0.717) is 0 Å². The highest BCUT2D eigenvalue weighted by molar-refractivity contribution is 9.10.